The van der Waals surface area contributed by atoms with Crippen LogP contribution in [-0.4, -0.2) is 18.1 Å². The van der Waals surface area contributed by atoms with E-state index < -0.39 is 0 Å². The van der Waals surface area contributed by atoms with Gasteiger partial charge in [-0.15, -0.1) is 0 Å². The SMILES string of the molecule is Cc1ccc2c(=O)c(C[NH+]3CCCC3)c(C)[nH]c2c1C. The Bertz CT molecular complexity index is 709. The van der Waals surface area contributed by atoms with Crippen LogP contribution in [0.5, 0.6) is 0 Å². The van der Waals surface area contributed by atoms with Gasteiger partial charge < -0.3 is 9.88 Å². The third kappa shape index (κ3) is 2.16. The Hall–Kier alpha value is -1.61. The number of rotatable bonds is 2. The van der Waals surface area contributed by atoms with Gasteiger partial charge in [0.15, 0.2) is 5.43 Å². The number of likely N-dealkylation sites (tertiary alicyclic amines) is 1. The van der Waals surface area contributed by atoms with Gasteiger partial charge in [0, 0.05) is 23.9 Å². The third-order valence-electron chi connectivity index (χ3n) is 4.76. The lowest BCUT2D eigenvalue weighted by Gasteiger charge is -2.15. The molecule has 2 aromatic rings. The average Bonchev–Trinajstić information content (AvgIpc) is 2.92. The van der Waals surface area contributed by atoms with Crippen LogP contribution in [-0.2, 0) is 6.54 Å². The number of aromatic amines is 1. The number of quaternary nitrogens is 1. The van der Waals surface area contributed by atoms with Crippen molar-refractivity contribution in [2.75, 3.05) is 13.1 Å². The fraction of sp³-hybridized carbons (Fsp3) is 0.471. The zero-order valence-electron chi connectivity index (χ0n) is 12.6. The lowest BCUT2D eigenvalue weighted by Crippen LogP contribution is -3.08. The van der Waals surface area contributed by atoms with Crippen molar-refractivity contribution in [2.45, 2.75) is 40.2 Å². The van der Waals surface area contributed by atoms with Crippen LogP contribution in [0.3, 0.4) is 0 Å². The van der Waals surface area contributed by atoms with Crippen LogP contribution in [0, 0.1) is 20.8 Å². The minimum Gasteiger partial charge on any atom is -0.358 e. The first-order valence-corrected chi connectivity index (χ1v) is 7.53. The van der Waals surface area contributed by atoms with Crippen LogP contribution in [0.1, 0.15) is 35.2 Å². The molecule has 0 saturated carbocycles. The summed E-state index contributed by atoms with van der Waals surface area (Å²) in [4.78, 5) is 17.8. The molecule has 3 heteroatoms. The Morgan fingerprint density at radius 1 is 1.15 bits per heavy atom. The van der Waals surface area contributed by atoms with Gasteiger partial charge >= 0.3 is 0 Å². The predicted octanol–water partition coefficient (Wildman–Crippen LogP) is 1.63. The molecule has 20 heavy (non-hydrogen) atoms. The molecule has 1 aliphatic rings. The summed E-state index contributed by atoms with van der Waals surface area (Å²) in [6.45, 7) is 9.47. The molecule has 2 heterocycles. The van der Waals surface area contributed by atoms with E-state index in [-0.39, 0.29) is 5.43 Å². The second kappa shape index (κ2) is 5.06. The number of H-pyrrole nitrogens is 1. The Morgan fingerprint density at radius 3 is 2.55 bits per heavy atom. The van der Waals surface area contributed by atoms with Gasteiger partial charge in [0.25, 0.3) is 0 Å². The largest absolute Gasteiger partial charge is 0.358 e. The smallest absolute Gasteiger partial charge is 0.198 e. The highest BCUT2D eigenvalue weighted by Crippen LogP contribution is 2.18. The van der Waals surface area contributed by atoms with Crippen molar-refractivity contribution in [3.63, 3.8) is 0 Å². The molecule has 0 radical (unpaired) electrons. The molecule has 0 unspecified atom stereocenters. The van der Waals surface area contributed by atoms with Gasteiger partial charge in [0.2, 0.25) is 0 Å². The Labute approximate surface area is 119 Å². The molecule has 0 atom stereocenters. The quantitative estimate of drug-likeness (QED) is 0.856. The van der Waals surface area contributed by atoms with Gasteiger partial charge in [-0.05, 0) is 38.0 Å². The van der Waals surface area contributed by atoms with Gasteiger partial charge in [0.05, 0.1) is 24.2 Å². The molecule has 0 spiro atoms. The van der Waals surface area contributed by atoms with E-state index in [4.69, 9.17) is 0 Å². The highest BCUT2D eigenvalue weighted by Gasteiger charge is 2.20. The van der Waals surface area contributed by atoms with E-state index >= 15 is 0 Å². The van der Waals surface area contributed by atoms with E-state index in [0.29, 0.717) is 0 Å². The van der Waals surface area contributed by atoms with Crippen molar-refractivity contribution >= 4 is 10.9 Å². The van der Waals surface area contributed by atoms with Crippen molar-refractivity contribution in [3.8, 4) is 0 Å². The molecule has 2 N–H and O–H groups in total. The molecule has 106 valence electrons. The first-order valence-electron chi connectivity index (χ1n) is 7.53. The molecule has 1 aromatic heterocycles. The van der Waals surface area contributed by atoms with E-state index in [1.165, 1.54) is 37.1 Å². The minimum absolute atomic E-state index is 0.221. The number of benzene rings is 1. The Morgan fingerprint density at radius 2 is 1.85 bits per heavy atom. The maximum atomic E-state index is 12.8. The summed E-state index contributed by atoms with van der Waals surface area (Å²) >= 11 is 0. The van der Waals surface area contributed by atoms with Crippen molar-refractivity contribution in [1.82, 2.24) is 4.98 Å². The number of aryl methyl sites for hydroxylation is 3. The highest BCUT2D eigenvalue weighted by atomic mass is 16.1. The van der Waals surface area contributed by atoms with Gasteiger partial charge in [0.1, 0.15) is 6.54 Å². The van der Waals surface area contributed by atoms with E-state index in [2.05, 4.69) is 24.9 Å². The number of nitrogens with one attached hydrogen (secondary N) is 2. The monoisotopic (exact) mass is 271 g/mol. The lowest BCUT2D eigenvalue weighted by molar-refractivity contribution is -0.901. The molecule has 1 aromatic carbocycles. The standard InChI is InChI=1S/C17H22N2O/c1-11-6-7-14-16(12(11)2)18-13(3)15(17(14)20)10-19-8-4-5-9-19/h6-7H,4-5,8-10H2,1-3H3,(H,18,20)/p+1. The molecule has 1 fully saturated rings. The molecule has 3 nitrogen and oxygen atoms in total. The fourth-order valence-electron chi connectivity index (χ4n) is 3.28. The zero-order valence-corrected chi connectivity index (χ0v) is 12.6. The van der Waals surface area contributed by atoms with Crippen molar-refractivity contribution in [1.29, 1.82) is 0 Å². The number of aromatic nitrogens is 1. The molecule has 3 rings (SSSR count). The highest BCUT2D eigenvalue weighted by molar-refractivity contribution is 5.83. The summed E-state index contributed by atoms with van der Waals surface area (Å²) in [7, 11) is 0. The Balaban J connectivity index is 2.14. The summed E-state index contributed by atoms with van der Waals surface area (Å²) in [6.07, 6.45) is 2.58. The Kier molecular flexibility index (Phi) is 3.38. The van der Waals surface area contributed by atoms with Crippen LogP contribution in [0.15, 0.2) is 16.9 Å². The van der Waals surface area contributed by atoms with Gasteiger partial charge in [-0.3, -0.25) is 4.79 Å². The molecule has 1 aliphatic heterocycles. The zero-order chi connectivity index (χ0) is 14.3. The predicted molar refractivity (Wildman–Crippen MR) is 82.4 cm³/mol. The van der Waals surface area contributed by atoms with Crippen LogP contribution >= 0.6 is 0 Å². The minimum atomic E-state index is 0.221. The van der Waals surface area contributed by atoms with Crippen LogP contribution in [0.25, 0.3) is 10.9 Å². The molecule has 0 aliphatic carbocycles. The number of hydrogen-bond donors (Lipinski definition) is 2. The second-order valence-electron chi connectivity index (χ2n) is 6.12. The maximum Gasteiger partial charge on any atom is 0.198 e. The topological polar surface area (TPSA) is 37.3 Å². The number of fused-ring (bicyclic) bond motifs is 1. The molecule has 1 saturated heterocycles. The number of hydrogen-bond acceptors (Lipinski definition) is 1. The van der Waals surface area contributed by atoms with Crippen molar-refractivity contribution in [3.05, 3.63) is 44.7 Å². The molecule has 0 bridgehead atoms. The summed E-state index contributed by atoms with van der Waals surface area (Å²) in [6, 6.07) is 4.02. The van der Waals surface area contributed by atoms with Crippen LogP contribution < -0.4 is 10.3 Å². The number of pyridine rings is 1. The maximum absolute atomic E-state index is 12.8. The van der Waals surface area contributed by atoms with Gasteiger partial charge in [-0.1, -0.05) is 6.07 Å². The van der Waals surface area contributed by atoms with Gasteiger partial charge in [-0.2, -0.15) is 0 Å². The summed E-state index contributed by atoms with van der Waals surface area (Å²) in [5.41, 5.74) is 5.65. The summed E-state index contributed by atoms with van der Waals surface area (Å²) in [5, 5.41) is 0.840. The third-order valence-corrected chi connectivity index (χ3v) is 4.76. The van der Waals surface area contributed by atoms with E-state index in [9.17, 15) is 4.79 Å². The first-order chi connectivity index (χ1) is 9.58. The van der Waals surface area contributed by atoms with E-state index in [0.717, 1.165) is 28.7 Å². The van der Waals surface area contributed by atoms with Crippen molar-refractivity contribution < 1.29 is 4.90 Å². The fourth-order valence-corrected chi connectivity index (χ4v) is 3.28. The second-order valence-corrected chi connectivity index (χ2v) is 6.12. The van der Waals surface area contributed by atoms with Crippen molar-refractivity contribution in [2.24, 2.45) is 0 Å². The van der Waals surface area contributed by atoms with E-state index in [1.807, 2.05) is 13.0 Å². The first kappa shape index (κ1) is 13.4. The lowest BCUT2D eigenvalue weighted by atomic mass is 10.0. The summed E-state index contributed by atoms with van der Waals surface area (Å²) < 4.78 is 0. The normalized spacial score (nSPS) is 16.1. The summed E-state index contributed by atoms with van der Waals surface area (Å²) in [5.74, 6) is 0. The van der Waals surface area contributed by atoms with Crippen LogP contribution in [0.2, 0.25) is 0 Å². The van der Waals surface area contributed by atoms with Gasteiger partial charge in [-0.25, -0.2) is 0 Å². The molecule has 0 amide bonds. The average molecular weight is 271 g/mol. The molecular weight excluding hydrogens is 248 g/mol. The molecular formula is C17H23N2O+. The van der Waals surface area contributed by atoms with E-state index in [1.54, 1.807) is 4.90 Å². The van der Waals surface area contributed by atoms with Crippen LogP contribution in [0.4, 0.5) is 0 Å².